The number of nitrogens with one attached hydrogen (secondary N) is 1. The molecule has 1 unspecified atom stereocenters. The first kappa shape index (κ1) is 12.0. The molecule has 6 heteroatoms. The SMILES string of the molecule is N#Cc1cccc(S(=O)(=O)NC2CCOC2)c1. The minimum absolute atomic E-state index is 0.114. The zero-order chi connectivity index (χ0) is 12.3. The first-order valence-corrected chi connectivity index (χ1v) is 6.70. The van der Waals surface area contributed by atoms with Gasteiger partial charge < -0.3 is 4.74 Å². The van der Waals surface area contributed by atoms with E-state index < -0.39 is 10.0 Å². The van der Waals surface area contributed by atoms with Crippen LogP contribution in [0.2, 0.25) is 0 Å². The van der Waals surface area contributed by atoms with Crippen LogP contribution >= 0.6 is 0 Å². The Morgan fingerprint density at radius 2 is 2.29 bits per heavy atom. The Kier molecular flexibility index (Phi) is 3.43. The van der Waals surface area contributed by atoms with E-state index in [0.29, 0.717) is 25.2 Å². The van der Waals surface area contributed by atoms with Crippen molar-refractivity contribution in [2.24, 2.45) is 0 Å². The highest BCUT2D eigenvalue weighted by molar-refractivity contribution is 7.89. The average molecular weight is 252 g/mol. The normalized spacial score (nSPS) is 20.1. The van der Waals surface area contributed by atoms with Crippen molar-refractivity contribution in [3.8, 4) is 6.07 Å². The Hall–Kier alpha value is -1.42. The molecule has 0 amide bonds. The maximum absolute atomic E-state index is 12.0. The molecule has 0 bridgehead atoms. The summed E-state index contributed by atoms with van der Waals surface area (Å²) in [5.41, 5.74) is 0.329. The third-order valence-corrected chi connectivity index (χ3v) is 4.04. The summed E-state index contributed by atoms with van der Waals surface area (Å²) in [5.74, 6) is 0. The molecule has 0 aromatic heterocycles. The molecule has 5 nitrogen and oxygen atoms in total. The molecule has 1 aliphatic rings. The van der Waals surface area contributed by atoms with E-state index in [4.69, 9.17) is 10.00 Å². The fourth-order valence-corrected chi connectivity index (χ4v) is 2.95. The van der Waals surface area contributed by atoms with Crippen molar-refractivity contribution in [1.29, 1.82) is 5.26 Å². The Morgan fingerprint density at radius 1 is 1.47 bits per heavy atom. The summed E-state index contributed by atoms with van der Waals surface area (Å²) in [6.07, 6.45) is 0.678. The summed E-state index contributed by atoms with van der Waals surface area (Å²) in [7, 11) is -3.56. The van der Waals surface area contributed by atoms with Crippen LogP contribution in [0.25, 0.3) is 0 Å². The van der Waals surface area contributed by atoms with Gasteiger partial charge in [-0.3, -0.25) is 0 Å². The van der Waals surface area contributed by atoms with E-state index in [1.54, 1.807) is 12.1 Å². The van der Waals surface area contributed by atoms with Crippen LogP contribution in [0.5, 0.6) is 0 Å². The quantitative estimate of drug-likeness (QED) is 0.855. The highest BCUT2D eigenvalue weighted by Gasteiger charge is 2.23. The van der Waals surface area contributed by atoms with Crippen LogP contribution in [0.3, 0.4) is 0 Å². The minimum atomic E-state index is -3.56. The predicted octanol–water partition coefficient (Wildman–Crippen LogP) is 0.625. The number of benzene rings is 1. The number of nitrogens with zero attached hydrogens (tertiary/aromatic N) is 1. The molecule has 1 aromatic carbocycles. The summed E-state index contributed by atoms with van der Waals surface area (Å²) in [4.78, 5) is 0.114. The van der Waals surface area contributed by atoms with E-state index in [0.717, 1.165) is 0 Å². The highest BCUT2D eigenvalue weighted by atomic mass is 32.2. The molecule has 0 spiro atoms. The van der Waals surface area contributed by atoms with Crippen LogP contribution in [0.1, 0.15) is 12.0 Å². The smallest absolute Gasteiger partial charge is 0.240 e. The second kappa shape index (κ2) is 4.84. The van der Waals surface area contributed by atoms with Gasteiger partial charge in [0.2, 0.25) is 10.0 Å². The lowest BCUT2D eigenvalue weighted by molar-refractivity contribution is 0.192. The Balaban J connectivity index is 2.22. The van der Waals surface area contributed by atoms with Crippen LogP contribution in [0.4, 0.5) is 0 Å². The summed E-state index contributed by atoms with van der Waals surface area (Å²) in [5, 5.41) is 8.73. The zero-order valence-corrected chi connectivity index (χ0v) is 9.90. The number of hydrogen-bond donors (Lipinski definition) is 1. The van der Waals surface area contributed by atoms with Crippen molar-refractivity contribution in [3.05, 3.63) is 29.8 Å². The van der Waals surface area contributed by atoms with Gasteiger partial charge in [0.05, 0.1) is 23.1 Å². The number of ether oxygens (including phenoxy) is 1. The monoisotopic (exact) mass is 252 g/mol. The molecule has 0 radical (unpaired) electrons. The van der Waals surface area contributed by atoms with Crippen LogP contribution in [-0.4, -0.2) is 27.7 Å². The van der Waals surface area contributed by atoms with Crippen molar-refractivity contribution >= 4 is 10.0 Å². The number of nitriles is 1. The molecule has 1 N–H and O–H groups in total. The summed E-state index contributed by atoms with van der Waals surface area (Å²) in [6.45, 7) is 0.975. The van der Waals surface area contributed by atoms with E-state index in [-0.39, 0.29) is 10.9 Å². The van der Waals surface area contributed by atoms with E-state index in [1.807, 2.05) is 6.07 Å². The van der Waals surface area contributed by atoms with Crippen molar-refractivity contribution in [3.63, 3.8) is 0 Å². The first-order chi connectivity index (χ1) is 8.12. The van der Waals surface area contributed by atoms with Gasteiger partial charge >= 0.3 is 0 Å². The van der Waals surface area contributed by atoms with Gasteiger partial charge in [0.15, 0.2) is 0 Å². The fourth-order valence-electron chi connectivity index (χ4n) is 1.65. The summed E-state index contributed by atoms with van der Waals surface area (Å²) >= 11 is 0. The van der Waals surface area contributed by atoms with Gasteiger partial charge in [-0.15, -0.1) is 0 Å². The van der Waals surface area contributed by atoms with E-state index in [1.165, 1.54) is 12.1 Å². The third-order valence-electron chi connectivity index (χ3n) is 2.52. The van der Waals surface area contributed by atoms with Crippen LogP contribution in [-0.2, 0) is 14.8 Å². The molecule has 1 atom stereocenters. The molecule has 1 heterocycles. The molecule has 90 valence electrons. The first-order valence-electron chi connectivity index (χ1n) is 5.22. The Labute approximate surface area is 100 Å². The predicted molar refractivity (Wildman–Crippen MR) is 60.7 cm³/mol. The molecule has 17 heavy (non-hydrogen) atoms. The van der Waals surface area contributed by atoms with Crippen molar-refractivity contribution in [1.82, 2.24) is 4.72 Å². The van der Waals surface area contributed by atoms with Crippen molar-refractivity contribution < 1.29 is 13.2 Å². The molecule has 1 aliphatic heterocycles. The number of rotatable bonds is 3. The molecular formula is C11H12N2O3S. The Bertz CT molecular complexity index is 542. The van der Waals surface area contributed by atoms with E-state index >= 15 is 0 Å². The molecular weight excluding hydrogens is 240 g/mol. The maximum Gasteiger partial charge on any atom is 0.240 e. The number of sulfonamides is 1. The van der Waals surface area contributed by atoms with Gasteiger partial charge in [-0.2, -0.15) is 5.26 Å². The Morgan fingerprint density at radius 3 is 2.94 bits per heavy atom. The molecule has 0 aliphatic carbocycles. The molecule has 0 saturated carbocycles. The zero-order valence-electron chi connectivity index (χ0n) is 9.09. The molecule has 1 saturated heterocycles. The largest absolute Gasteiger partial charge is 0.380 e. The van der Waals surface area contributed by atoms with Crippen LogP contribution in [0, 0.1) is 11.3 Å². The van der Waals surface area contributed by atoms with Gasteiger partial charge in [0, 0.05) is 12.6 Å². The van der Waals surface area contributed by atoms with Crippen LogP contribution < -0.4 is 4.72 Å². The van der Waals surface area contributed by atoms with Gasteiger partial charge in [0.1, 0.15) is 0 Å². The van der Waals surface area contributed by atoms with Crippen LogP contribution in [0.15, 0.2) is 29.2 Å². The molecule has 2 rings (SSSR count). The minimum Gasteiger partial charge on any atom is -0.380 e. The number of hydrogen-bond acceptors (Lipinski definition) is 4. The average Bonchev–Trinajstić information content (AvgIpc) is 2.81. The second-order valence-electron chi connectivity index (χ2n) is 3.82. The summed E-state index contributed by atoms with van der Waals surface area (Å²) < 4.78 is 31.6. The van der Waals surface area contributed by atoms with Gasteiger partial charge in [-0.25, -0.2) is 13.1 Å². The lowest BCUT2D eigenvalue weighted by Crippen LogP contribution is -2.35. The van der Waals surface area contributed by atoms with E-state index in [2.05, 4.69) is 4.72 Å². The highest BCUT2D eigenvalue weighted by Crippen LogP contribution is 2.13. The lowest BCUT2D eigenvalue weighted by atomic mass is 10.2. The van der Waals surface area contributed by atoms with Gasteiger partial charge in [-0.1, -0.05) is 6.07 Å². The maximum atomic E-state index is 12.0. The lowest BCUT2D eigenvalue weighted by Gasteiger charge is -2.11. The van der Waals surface area contributed by atoms with Crippen molar-refractivity contribution in [2.75, 3.05) is 13.2 Å². The molecule has 1 fully saturated rings. The third kappa shape index (κ3) is 2.82. The van der Waals surface area contributed by atoms with Crippen molar-refractivity contribution in [2.45, 2.75) is 17.4 Å². The topological polar surface area (TPSA) is 79.2 Å². The fraction of sp³-hybridized carbons (Fsp3) is 0.364. The van der Waals surface area contributed by atoms with Gasteiger partial charge in [-0.05, 0) is 24.6 Å². The standard InChI is InChI=1S/C11H12N2O3S/c12-7-9-2-1-3-11(6-9)17(14,15)13-10-4-5-16-8-10/h1-3,6,10,13H,4-5,8H2. The van der Waals surface area contributed by atoms with Gasteiger partial charge in [0.25, 0.3) is 0 Å². The molecule has 1 aromatic rings. The van der Waals surface area contributed by atoms with E-state index in [9.17, 15) is 8.42 Å². The second-order valence-corrected chi connectivity index (χ2v) is 5.54. The summed E-state index contributed by atoms with van der Waals surface area (Å²) in [6, 6.07) is 7.69.